The molecule has 0 spiro atoms. The van der Waals surface area contributed by atoms with Gasteiger partial charge in [-0.05, 0) is 30.9 Å². The number of pyridine rings is 2. The van der Waals surface area contributed by atoms with Crippen LogP contribution < -0.4 is 20.3 Å². The van der Waals surface area contributed by atoms with Crippen molar-refractivity contribution in [1.29, 1.82) is 0 Å². The van der Waals surface area contributed by atoms with E-state index in [9.17, 15) is 13.2 Å². The van der Waals surface area contributed by atoms with Crippen LogP contribution in [-0.4, -0.2) is 37.6 Å². The van der Waals surface area contributed by atoms with Crippen molar-refractivity contribution in [2.45, 2.75) is 12.8 Å². The molecule has 130 valence electrons. The first kappa shape index (κ1) is 16.9. The third-order valence-corrected chi connectivity index (χ3v) is 5.08. The van der Waals surface area contributed by atoms with Crippen LogP contribution in [0.2, 0.25) is 0 Å². The van der Waals surface area contributed by atoms with E-state index < -0.39 is 10.2 Å². The molecule has 1 saturated heterocycles. The summed E-state index contributed by atoms with van der Waals surface area (Å²) in [6.07, 6.45) is 3.46. The van der Waals surface area contributed by atoms with E-state index in [0.717, 1.165) is 37.0 Å². The summed E-state index contributed by atoms with van der Waals surface area (Å²) in [7, 11) is -1.92. The van der Waals surface area contributed by atoms with E-state index in [4.69, 9.17) is 5.14 Å². The van der Waals surface area contributed by atoms with Crippen LogP contribution in [0.5, 0.6) is 0 Å². The number of hydrogen-bond acceptors (Lipinski definition) is 5. The Bertz CT molecular complexity index is 901. The molecule has 2 aromatic rings. The van der Waals surface area contributed by atoms with E-state index >= 15 is 0 Å². The average molecular weight is 351 g/mol. The van der Waals surface area contributed by atoms with Crippen LogP contribution in [0.3, 0.4) is 0 Å². The number of piperidine rings is 1. The van der Waals surface area contributed by atoms with Crippen LogP contribution in [0.15, 0.2) is 29.2 Å². The highest BCUT2D eigenvalue weighted by Crippen LogP contribution is 2.28. The number of fused-ring (bicyclic) bond motifs is 1. The Morgan fingerprint density at radius 1 is 1.29 bits per heavy atom. The Morgan fingerprint density at radius 3 is 2.67 bits per heavy atom. The molecule has 2 aromatic heterocycles. The van der Waals surface area contributed by atoms with Gasteiger partial charge in [0, 0.05) is 50.0 Å². The van der Waals surface area contributed by atoms with Crippen molar-refractivity contribution in [3.05, 3.63) is 34.7 Å². The molecule has 0 atom stereocenters. The third-order valence-electron chi connectivity index (χ3n) is 4.52. The van der Waals surface area contributed by atoms with Gasteiger partial charge in [-0.2, -0.15) is 8.42 Å². The fourth-order valence-electron chi connectivity index (χ4n) is 3.14. The second-order valence-corrected chi connectivity index (χ2v) is 7.50. The first-order valence-corrected chi connectivity index (χ1v) is 9.37. The quantitative estimate of drug-likeness (QED) is 0.802. The highest BCUT2D eigenvalue weighted by Gasteiger charge is 2.22. The van der Waals surface area contributed by atoms with Crippen LogP contribution in [0, 0.1) is 5.92 Å². The summed E-state index contributed by atoms with van der Waals surface area (Å²) in [4.78, 5) is 18.3. The summed E-state index contributed by atoms with van der Waals surface area (Å²) in [6, 6.07) is 5.32. The van der Waals surface area contributed by atoms with Gasteiger partial charge in [-0.1, -0.05) is 0 Å². The topological polar surface area (TPSA) is 110 Å². The molecule has 0 radical (unpaired) electrons. The second kappa shape index (κ2) is 6.50. The summed E-state index contributed by atoms with van der Waals surface area (Å²) in [6.45, 7) is 2.01. The van der Waals surface area contributed by atoms with Crippen molar-refractivity contribution >= 4 is 26.9 Å². The summed E-state index contributed by atoms with van der Waals surface area (Å²) in [5.74, 6) is 0.275. The minimum Gasteiger partial charge on any atom is -0.371 e. The van der Waals surface area contributed by atoms with Crippen molar-refractivity contribution in [3.63, 3.8) is 0 Å². The van der Waals surface area contributed by atoms with Gasteiger partial charge in [-0.3, -0.25) is 9.36 Å². The van der Waals surface area contributed by atoms with Gasteiger partial charge in [0.05, 0.1) is 0 Å². The number of nitrogens with zero attached hydrogens (tertiary/aromatic N) is 3. The zero-order valence-electron chi connectivity index (χ0n) is 13.5. The minimum atomic E-state index is -3.63. The van der Waals surface area contributed by atoms with Crippen LogP contribution in [-0.2, 0) is 17.3 Å². The number of anilines is 1. The van der Waals surface area contributed by atoms with Crippen molar-refractivity contribution in [2.24, 2.45) is 18.1 Å². The maximum atomic E-state index is 11.8. The molecule has 0 saturated carbocycles. The molecule has 8 nitrogen and oxygen atoms in total. The third kappa shape index (κ3) is 3.58. The average Bonchev–Trinajstić information content (AvgIpc) is 2.56. The maximum absolute atomic E-state index is 11.8. The molecule has 9 heteroatoms. The van der Waals surface area contributed by atoms with Gasteiger partial charge < -0.3 is 4.90 Å². The summed E-state index contributed by atoms with van der Waals surface area (Å²) in [5.41, 5.74) is 1.63. The predicted octanol–water partition coefficient (Wildman–Crippen LogP) is -0.0570. The smallest absolute Gasteiger partial charge is 0.274 e. The lowest BCUT2D eigenvalue weighted by Gasteiger charge is -2.34. The Kier molecular flexibility index (Phi) is 4.57. The lowest BCUT2D eigenvalue weighted by atomic mass is 9.96. The first-order chi connectivity index (χ1) is 11.3. The molecular weight excluding hydrogens is 330 g/mol. The Hall–Kier alpha value is -1.97. The lowest BCUT2D eigenvalue weighted by molar-refractivity contribution is 0.402. The standard InChI is InChI=1S/C15H21N5O3S/c1-19-14(21)3-2-12-13(4-7-17-15(12)19)20-8-5-11(6-9-20)10-18-24(16,22)23/h2-4,7,11,18H,5-6,8-10H2,1H3,(H2,16,22,23). The van der Waals surface area contributed by atoms with Crippen molar-refractivity contribution in [3.8, 4) is 0 Å². The van der Waals surface area contributed by atoms with Gasteiger partial charge in [-0.15, -0.1) is 0 Å². The highest BCUT2D eigenvalue weighted by molar-refractivity contribution is 7.87. The molecule has 3 heterocycles. The summed E-state index contributed by atoms with van der Waals surface area (Å²) < 4.78 is 25.9. The largest absolute Gasteiger partial charge is 0.371 e. The maximum Gasteiger partial charge on any atom is 0.274 e. The summed E-state index contributed by atoms with van der Waals surface area (Å²) in [5, 5.41) is 5.92. The molecule has 0 unspecified atom stereocenters. The van der Waals surface area contributed by atoms with Crippen molar-refractivity contribution in [2.75, 3.05) is 24.5 Å². The fraction of sp³-hybridized carbons (Fsp3) is 0.467. The highest BCUT2D eigenvalue weighted by atomic mass is 32.2. The molecule has 1 aliphatic rings. The molecule has 0 aromatic carbocycles. The molecule has 0 amide bonds. The van der Waals surface area contributed by atoms with E-state index in [1.54, 1.807) is 23.9 Å². The number of nitrogens with one attached hydrogen (secondary N) is 1. The van der Waals surface area contributed by atoms with Crippen LogP contribution in [0.4, 0.5) is 5.69 Å². The number of rotatable bonds is 4. The zero-order chi connectivity index (χ0) is 17.3. The number of aryl methyl sites for hydroxylation is 1. The Balaban J connectivity index is 1.76. The predicted molar refractivity (Wildman–Crippen MR) is 93.0 cm³/mol. The van der Waals surface area contributed by atoms with Crippen LogP contribution >= 0.6 is 0 Å². The van der Waals surface area contributed by atoms with E-state index in [-0.39, 0.29) is 11.5 Å². The van der Waals surface area contributed by atoms with Crippen molar-refractivity contribution in [1.82, 2.24) is 14.3 Å². The molecule has 24 heavy (non-hydrogen) atoms. The molecule has 1 fully saturated rings. The van der Waals surface area contributed by atoms with E-state index in [0.29, 0.717) is 12.2 Å². The van der Waals surface area contributed by atoms with Crippen LogP contribution in [0.1, 0.15) is 12.8 Å². The van der Waals surface area contributed by atoms with Gasteiger partial charge in [0.15, 0.2) is 0 Å². The van der Waals surface area contributed by atoms with Gasteiger partial charge in [0.2, 0.25) is 0 Å². The Morgan fingerprint density at radius 2 is 2.00 bits per heavy atom. The van der Waals surface area contributed by atoms with E-state index in [2.05, 4.69) is 14.6 Å². The molecular formula is C15H21N5O3S. The first-order valence-electron chi connectivity index (χ1n) is 7.82. The SMILES string of the molecule is Cn1c(=O)ccc2c(N3CCC(CNS(N)(=O)=O)CC3)ccnc21. The van der Waals surface area contributed by atoms with Crippen LogP contribution in [0.25, 0.3) is 11.0 Å². The normalized spacial score (nSPS) is 16.7. The van der Waals surface area contributed by atoms with Gasteiger partial charge in [0.1, 0.15) is 5.65 Å². The lowest BCUT2D eigenvalue weighted by Crippen LogP contribution is -2.40. The monoisotopic (exact) mass is 351 g/mol. The van der Waals surface area contributed by atoms with Gasteiger partial charge in [-0.25, -0.2) is 14.8 Å². The molecule has 3 rings (SSSR count). The second-order valence-electron chi connectivity index (χ2n) is 6.12. The molecule has 0 aliphatic carbocycles. The zero-order valence-corrected chi connectivity index (χ0v) is 14.3. The molecule has 3 N–H and O–H groups in total. The van der Waals surface area contributed by atoms with E-state index in [1.165, 1.54) is 0 Å². The number of hydrogen-bond donors (Lipinski definition) is 2. The fourth-order valence-corrected chi connectivity index (χ4v) is 3.61. The van der Waals surface area contributed by atoms with Gasteiger partial charge in [0.25, 0.3) is 15.8 Å². The number of aromatic nitrogens is 2. The van der Waals surface area contributed by atoms with Gasteiger partial charge >= 0.3 is 0 Å². The molecule has 1 aliphatic heterocycles. The minimum absolute atomic E-state index is 0.0834. The number of nitrogens with two attached hydrogens (primary N) is 1. The van der Waals surface area contributed by atoms with E-state index in [1.807, 2.05) is 12.1 Å². The Labute approximate surface area is 140 Å². The molecule has 0 bridgehead atoms. The summed E-state index contributed by atoms with van der Waals surface area (Å²) >= 11 is 0. The van der Waals surface area contributed by atoms with Crippen molar-refractivity contribution < 1.29 is 8.42 Å².